The molecule has 206 valence electrons. The summed E-state index contributed by atoms with van der Waals surface area (Å²) in [5, 5.41) is 6.80. The summed E-state index contributed by atoms with van der Waals surface area (Å²) >= 11 is 0. The number of nitrogens with one attached hydrogen (secondary N) is 1. The third kappa shape index (κ3) is 8.56. The fourth-order valence-corrected chi connectivity index (χ4v) is 4.52. The number of carbonyl (C=O) groups excluding carboxylic acids is 3. The summed E-state index contributed by atoms with van der Waals surface area (Å²) in [7, 11) is 1.28. The van der Waals surface area contributed by atoms with Crippen molar-refractivity contribution in [3.05, 3.63) is 83.5 Å². The zero-order valence-electron chi connectivity index (χ0n) is 22.1. The molecular weight excluding hydrogens is 500 g/mol. The van der Waals surface area contributed by atoms with Crippen LogP contribution in [0.5, 0.6) is 0 Å². The summed E-state index contributed by atoms with van der Waals surface area (Å²) in [5.41, 5.74) is 2.07. The number of Topliss-reactive ketones (excluding diaryl/α,β-unsaturated/α-hetero) is 1. The minimum atomic E-state index is -0.897. The molecule has 0 bridgehead atoms. The van der Waals surface area contributed by atoms with E-state index >= 15 is 0 Å². The van der Waals surface area contributed by atoms with Gasteiger partial charge < -0.3 is 19.3 Å². The first kappa shape index (κ1) is 28.1. The summed E-state index contributed by atoms with van der Waals surface area (Å²) < 4.78 is 15.7. The molecule has 10 nitrogen and oxygen atoms in total. The van der Waals surface area contributed by atoms with Crippen LogP contribution in [0, 0.1) is 5.92 Å². The van der Waals surface area contributed by atoms with Gasteiger partial charge in [0.25, 0.3) is 0 Å². The SMILES string of the molecule is COC(=O)[C@H](Cc1ccncc1)NC(=O)[C@H](CCc1ccccc1)CC(=O)c1cc(CN2CCOCC2)on1. The van der Waals surface area contributed by atoms with E-state index in [1.165, 1.54) is 7.11 Å². The van der Waals surface area contributed by atoms with Crippen LogP contribution >= 0.6 is 0 Å². The minimum absolute atomic E-state index is 0.0641. The van der Waals surface area contributed by atoms with E-state index in [2.05, 4.69) is 20.4 Å². The van der Waals surface area contributed by atoms with E-state index in [1.807, 2.05) is 30.3 Å². The highest BCUT2D eigenvalue weighted by atomic mass is 16.5. The van der Waals surface area contributed by atoms with Crippen LogP contribution in [-0.4, -0.2) is 72.2 Å². The average Bonchev–Trinajstić information content (AvgIpc) is 3.44. The number of ether oxygens (including phenoxy) is 2. The summed E-state index contributed by atoms with van der Waals surface area (Å²) in [4.78, 5) is 45.4. The number of nitrogens with zero attached hydrogens (tertiary/aromatic N) is 3. The maximum Gasteiger partial charge on any atom is 0.328 e. The van der Waals surface area contributed by atoms with Crippen LogP contribution in [-0.2, 0) is 38.4 Å². The van der Waals surface area contributed by atoms with Crippen LogP contribution in [0.15, 0.2) is 65.4 Å². The van der Waals surface area contributed by atoms with Gasteiger partial charge in [-0.2, -0.15) is 0 Å². The van der Waals surface area contributed by atoms with Gasteiger partial charge in [0, 0.05) is 50.3 Å². The van der Waals surface area contributed by atoms with Crippen LogP contribution in [0.1, 0.15) is 40.2 Å². The molecule has 1 fully saturated rings. The first-order chi connectivity index (χ1) is 19.0. The molecule has 0 radical (unpaired) electrons. The Bertz CT molecular complexity index is 1210. The van der Waals surface area contributed by atoms with E-state index in [4.69, 9.17) is 14.0 Å². The van der Waals surface area contributed by atoms with Crippen molar-refractivity contribution in [2.24, 2.45) is 5.92 Å². The van der Waals surface area contributed by atoms with Crippen LogP contribution in [0.4, 0.5) is 0 Å². The molecule has 0 aliphatic carbocycles. The Morgan fingerprint density at radius 3 is 2.51 bits per heavy atom. The summed E-state index contributed by atoms with van der Waals surface area (Å²) in [6, 6.07) is 14.0. The molecule has 0 spiro atoms. The van der Waals surface area contributed by atoms with Crippen molar-refractivity contribution >= 4 is 17.7 Å². The second kappa shape index (κ2) is 14.3. The number of esters is 1. The molecule has 3 heterocycles. The number of ketones is 1. The van der Waals surface area contributed by atoms with Crippen molar-refractivity contribution in [2.75, 3.05) is 33.4 Å². The van der Waals surface area contributed by atoms with Crippen molar-refractivity contribution in [3.63, 3.8) is 0 Å². The number of pyridine rings is 1. The number of aryl methyl sites for hydroxylation is 1. The molecule has 2 aromatic heterocycles. The first-order valence-corrected chi connectivity index (χ1v) is 13.1. The van der Waals surface area contributed by atoms with Gasteiger partial charge >= 0.3 is 5.97 Å². The topological polar surface area (TPSA) is 124 Å². The Morgan fingerprint density at radius 1 is 1.05 bits per heavy atom. The van der Waals surface area contributed by atoms with E-state index in [1.54, 1.807) is 30.6 Å². The molecule has 1 aliphatic rings. The monoisotopic (exact) mass is 534 g/mol. The van der Waals surface area contributed by atoms with Crippen LogP contribution < -0.4 is 5.32 Å². The van der Waals surface area contributed by atoms with Gasteiger partial charge in [0.1, 0.15) is 11.7 Å². The van der Waals surface area contributed by atoms with E-state index in [0.717, 1.165) is 24.2 Å². The molecule has 0 saturated carbocycles. The Morgan fingerprint density at radius 2 is 1.79 bits per heavy atom. The maximum atomic E-state index is 13.5. The van der Waals surface area contributed by atoms with Crippen molar-refractivity contribution < 1.29 is 28.4 Å². The maximum absolute atomic E-state index is 13.5. The van der Waals surface area contributed by atoms with Crippen molar-refractivity contribution in [1.29, 1.82) is 0 Å². The van der Waals surface area contributed by atoms with Gasteiger partial charge in [-0.15, -0.1) is 0 Å². The van der Waals surface area contributed by atoms with Gasteiger partial charge in [-0.05, 0) is 36.1 Å². The largest absolute Gasteiger partial charge is 0.467 e. The highest BCUT2D eigenvalue weighted by Crippen LogP contribution is 2.19. The Labute approximate surface area is 227 Å². The molecular formula is C29H34N4O6. The van der Waals surface area contributed by atoms with Crippen molar-refractivity contribution in [3.8, 4) is 0 Å². The highest BCUT2D eigenvalue weighted by Gasteiger charge is 2.29. The van der Waals surface area contributed by atoms with Crippen molar-refractivity contribution in [2.45, 2.75) is 38.3 Å². The minimum Gasteiger partial charge on any atom is -0.467 e. The standard InChI is InChI=1S/C29H34N4O6/c1-37-29(36)26(17-22-9-11-30-12-10-22)31-28(35)23(8-7-21-5-3-2-4-6-21)18-27(34)25-19-24(39-32-25)20-33-13-15-38-16-14-33/h2-6,9-12,19,23,26H,7-8,13-18,20H2,1H3,(H,31,35)/t23-,26+/m1/s1. The van der Waals surface area contributed by atoms with Crippen LogP contribution in [0.3, 0.4) is 0 Å². The third-order valence-corrected chi connectivity index (χ3v) is 6.75. The highest BCUT2D eigenvalue weighted by molar-refractivity contribution is 5.97. The zero-order chi connectivity index (χ0) is 27.5. The lowest BCUT2D eigenvalue weighted by Crippen LogP contribution is -2.46. The molecule has 4 rings (SSSR count). The van der Waals surface area contributed by atoms with E-state index in [0.29, 0.717) is 38.4 Å². The third-order valence-electron chi connectivity index (χ3n) is 6.75. The van der Waals surface area contributed by atoms with E-state index in [-0.39, 0.29) is 30.2 Å². The molecule has 1 N–H and O–H groups in total. The van der Waals surface area contributed by atoms with Crippen LogP contribution in [0.2, 0.25) is 0 Å². The normalized spacial score (nSPS) is 15.3. The number of rotatable bonds is 13. The van der Waals surface area contributed by atoms with E-state index < -0.39 is 17.9 Å². The first-order valence-electron chi connectivity index (χ1n) is 13.1. The van der Waals surface area contributed by atoms with Gasteiger partial charge in [-0.1, -0.05) is 35.5 Å². The van der Waals surface area contributed by atoms with E-state index in [9.17, 15) is 14.4 Å². The quantitative estimate of drug-likeness (QED) is 0.260. The summed E-state index contributed by atoms with van der Waals surface area (Å²) in [6.07, 6.45) is 4.44. The fraction of sp³-hybridized carbons (Fsp3) is 0.414. The smallest absolute Gasteiger partial charge is 0.328 e. The number of hydrogen-bond acceptors (Lipinski definition) is 9. The molecule has 3 aromatic rings. The number of hydrogen-bond donors (Lipinski definition) is 1. The summed E-state index contributed by atoms with van der Waals surface area (Å²) in [6.45, 7) is 3.42. The molecule has 1 amide bonds. The fourth-order valence-electron chi connectivity index (χ4n) is 4.52. The van der Waals surface area contributed by atoms with Gasteiger partial charge in [-0.3, -0.25) is 19.5 Å². The number of carbonyl (C=O) groups is 3. The average molecular weight is 535 g/mol. The van der Waals surface area contributed by atoms with Gasteiger partial charge in [0.15, 0.2) is 11.5 Å². The molecule has 0 unspecified atom stereocenters. The molecule has 2 atom stereocenters. The summed E-state index contributed by atoms with van der Waals surface area (Å²) in [5.74, 6) is -1.32. The number of aromatic nitrogens is 2. The molecule has 1 saturated heterocycles. The molecule has 10 heteroatoms. The molecule has 39 heavy (non-hydrogen) atoms. The Hall–Kier alpha value is -3.89. The number of morpholine rings is 1. The van der Waals surface area contributed by atoms with Crippen LogP contribution in [0.25, 0.3) is 0 Å². The number of benzene rings is 1. The molecule has 1 aromatic carbocycles. The zero-order valence-corrected chi connectivity index (χ0v) is 22.1. The number of amides is 1. The lowest BCUT2D eigenvalue weighted by Gasteiger charge is -2.25. The predicted molar refractivity (Wildman–Crippen MR) is 142 cm³/mol. The lowest BCUT2D eigenvalue weighted by atomic mass is 9.92. The Kier molecular flexibility index (Phi) is 10.3. The van der Waals surface area contributed by atoms with Gasteiger partial charge in [0.2, 0.25) is 5.91 Å². The molecule has 1 aliphatic heterocycles. The van der Waals surface area contributed by atoms with Gasteiger partial charge in [-0.25, -0.2) is 4.79 Å². The second-order valence-corrected chi connectivity index (χ2v) is 9.56. The lowest BCUT2D eigenvalue weighted by molar-refractivity contribution is -0.145. The van der Waals surface area contributed by atoms with Gasteiger partial charge in [0.05, 0.1) is 26.9 Å². The van der Waals surface area contributed by atoms with Crippen molar-refractivity contribution in [1.82, 2.24) is 20.4 Å². The second-order valence-electron chi connectivity index (χ2n) is 9.56. The Balaban J connectivity index is 1.45. The predicted octanol–water partition coefficient (Wildman–Crippen LogP) is 2.62. The number of methoxy groups -OCH3 is 1.